The van der Waals surface area contributed by atoms with E-state index in [1.807, 2.05) is 24.3 Å². The number of para-hydroxylation sites is 2. The van der Waals surface area contributed by atoms with Crippen LogP contribution in [0, 0.1) is 0 Å². The molecule has 2 aromatic heterocycles. The van der Waals surface area contributed by atoms with Gasteiger partial charge in [0, 0.05) is 13.1 Å². The van der Waals surface area contributed by atoms with E-state index in [1.54, 1.807) is 23.1 Å². The Morgan fingerprint density at radius 1 is 0.952 bits per heavy atom. The van der Waals surface area contributed by atoms with Crippen LogP contribution in [0.15, 0.2) is 51.0 Å². The van der Waals surface area contributed by atoms with Crippen molar-refractivity contribution >= 4 is 39.9 Å². The van der Waals surface area contributed by atoms with Gasteiger partial charge in [-0.1, -0.05) is 30.0 Å². The summed E-state index contributed by atoms with van der Waals surface area (Å²) in [6.07, 6.45) is 2.50. The molecule has 3 nitrogen and oxygen atoms in total. The van der Waals surface area contributed by atoms with E-state index in [0.29, 0.717) is 0 Å². The quantitative estimate of drug-likeness (QED) is 0.714. The average Bonchev–Trinajstić information content (AvgIpc) is 3.20. The Kier molecular flexibility index (Phi) is 3.53. The lowest BCUT2D eigenvalue weighted by Crippen LogP contribution is -2.20. The van der Waals surface area contributed by atoms with Gasteiger partial charge in [0.2, 0.25) is 0 Å². The first kappa shape index (κ1) is 13.1. The maximum atomic E-state index is 4.88. The highest BCUT2D eigenvalue weighted by Crippen LogP contribution is 2.37. The summed E-state index contributed by atoms with van der Waals surface area (Å²) >= 11 is 3.48. The molecule has 0 amide bonds. The maximum absolute atomic E-state index is 4.88. The Labute approximate surface area is 132 Å². The molecule has 1 fully saturated rings. The second kappa shape index (κ2) is 5.66. The SMILES string of the molecule is c1csc(Sc2nc3ccccc3nc2N2CCCC2)c1. The van der Waals surface area contributed by atoms with Gasteiger partial charge in [-0.05, 0) is 36.4 Å². The number of nitrogens with zero attached hydrogens (tertiary/aromatic N) is 3. The Balaban J connectivity index is 1.82. The van der Waals surface area contributed by atoms with Crippen LogP contribution in [0.1, 0.15) is 12.8 Å². The summed E-state index contributed by atoms with van der Waals surface area (Å²) < 4.78 is 1.26. The highest BCUT2D eigenvalue weighted by Gasteiger charge is 2.20. The summed E-state index contributed by atoms with van der Waals surface area (Å²) in [5.41, 5.74) is 1.95. The number of hydrogen-bond donors (Lipinski definition) is 0. The predicted molar refractivity (Wildman–Crippen MR) is 89.4 cm³/mol. The third kappa shape index (κ3) is 2.63. The van der Waals surface area contributed by atoms with Gasteiger partial charge in [0.1, 0.15) is 5.03 Å². The standard InChI is InChI=1S/C16H15N3S2/c1-2-7-13-12(6-1)17-15(19-9-3-4-10-19)16(18-13)21-14-8-5-11-20-14/h1-2,5-8,11H,3-4,9-10H2. The van der Waals surface area contributed by atoms with Crippen molar-refractivity contribution in [3.63, 3.8) is 0 Å². The molecule has 0 saturated carbocycles. The van der Waals surface area contributed by atoms with Crippen LogP contribution in [-0.4, -0.2) is 23.1 Å². The third-order valence-corrected chi connectivity index (χ3v) is 5.62. The van der Waals surface area contributed by atoms with E-state index in [9.17, 15) is 0 Å². The van der Waals surface area contributed by atoms with Gasteiger partial charge in [0.05, 0.1) is 15.2 Å². The van der Waals surface area contributed by atoms with Gasteiger partial charge < -0.3 is 4.90 Å². The number of aromatic nitrogens is 2. The van der Waals surface area contributed by atoms with Crippen LogP contribution in [-0.2, 0) is 0 Å². The molecule has 4 rings (SSSR count). The first-order valence-corrected chi connectivity index (χ1v) is 8.83. The van der Waals surface area contributed by atoms with Crippen LogP contribution in [0.4, 0.5) is 5.82 Å². The number of rotatable bonds is 3. The second-order valence-electron chi connectivity index (χ2n) is 5.07. The summed E-state index contributed by atoms with van der Waals surface area (Å²) in [5, 5.41) is 3.13. The van der Waals surface area contributed by atoms with Crippen molar-refractivity contribution in [2.75, 3.05) is 18.0 Å². The minimum atomic E-state index is 0.972. The van der Waals surface area contributed by atoms with Gasteiger partial charge in [-0.25, -0.2) is 9.97 Å². The molecule has 1 aliphatic heterocycles. The summed E-state index contributed by atoms with van der Waals surface area (Å²) in [6.45, 7) is 2.18. The van der Waals surface area contributed by atoms with Gasteiger partial charge in [-0.2, -0.15) is 0 Å². The van der Waals surface area contributed by atoms with Gasteiger partial charge in [-0.15, -0.1) is 11.3 Å². The highest BCUT2D eigenvalue weighted by molar-refractivity contribution is 8.01. The summed E-state index contributed by atoms with van der Waals surface area (Å²) in [7, 11) is 0. The summed E-state index contributed by atoms with van der Waals surface area (Å²) in [4.78, 5) is 12.1. The minimum Gasteiger partial charge on any atom is -0.354 e. The van der Waals surface area contributed by atoms with E-state index < -0.39 is 0 Å². The molecular formula is C16H15N3S2. The zero-order valence-corrected chi connectivity index (χ0v) is 13.2. The van der Waals surface area contributed by atoms with Crippen molar-refractivity contribution in [2.45, 2.75) is 22.1 Å². The van der Waals surface area contributed by atoms with E-state index in [1.165, 1.54) is 17.1 Å². The zero-order valence-electron chi connectivity index (χ0n) is 11.5. The van der Waals surface area contributed by atoms with Gasteiger partial charge in [0.15, 0.2) is 5.82 Å². The first-order valence-electron chi connectivity index (χ1n) is 7.13. The molecule has 1 aromatic carbocycles. The number of hydrogen-bond acceptors (Lipinski definition) is 5. The van der Waals surface area contributed by atoms with Crippen molar-refractivity contribution in [3.05, 3.63) is 41.8 Å². The number of benzene rings is 1. The summed E-state index contributed by atoms with van der Waals surface area (Å²) in [6, 6.07) is 12.3. The number of thiophene rings is 1. The molecule has 0 N–H and O–H groups in total. The van der Waals surface area contributed by atoms with E-state index in [4.69, 9.17) is 9.97 Å². The molecule has 1 saturated heterocycles. The van der Waals surface area contributed by atoms with Crippen LogP contribution in [0.25, 0.3) is 11.0 Å². The fraction of sp³-hybridized carbons (Fsp3) is 0.250. The lowest BCUT2D eigenvalue weighted by molar-refractivity contribution is 0.902. The smallest absolute Gasteiger partial charge is 0.162 e. The fourth-order valence-corrected chi connectivity index (χ4v) is 4.39. The van der Waals surface area contributed by atoms with Crippen LogP contribution in [0.5, 0.6) is 0 Å². The molecule has 3 aromatic rings. The Morgan fingerprint density at radius 2 is 1.71 bits per heavy atom. The topological polar surface area (TPSA) is 29.0 Å². The lowest BCUT2D eigenvalue weighted by atomic mass is 10.3. The van der Waals surface area contributed by atoms with Crippen LogP contribution in [0.3, 0.4) is 0 Å². The lowest BCUT2D eigenvalue weighted by Gasteiger charge is -2.19. The molecule has 21 heavy (non-hydrogen) atoms. The molecule has 106 valence electrons. The molecular weight excluding hydrogens is 298 g/mol. The average molecular weight is 313 g/mol. The zero-order chi connectivity index (χ0) is 14.1. The molecule has 0 bridgehead atoms. The van der Waals surface area contributed by atoms with Crippen LogP contribution in [0.2, 0.25) is 0 Å². The van der Waals surface area contributed by atoms with Crippen molar-refractivity contribution in [1.29, 1.82) is 0 Å². The molecule has 3 heterocycles. The third-order valence-electron chi connectivity index (χ3n) is 3.62. The Hall–Kier alpha value is -1.59. The van der Waals surface area contributed by atoms with Crippen LogP contribution >= 0.6 is 23.1 Å². The first-order chi connectivity index (χ1) is 10.4. The largest absolute Gasteiger partial charge is 0.354 e. The van der Waals surface area contributed by atoms with Gasteiger partial charge >= 0.3 is 0 Å². The summed E-state index contributed by atoms with van der Waals surface area (Å²) in [5.74, 6) is 1.05. The van der Waals surface area contributed by atoms with Crippen molar-refractivity contribution in [3.8, 4) is 0 Å². The molecule has 0 radical (unpaired) electrons. The number of fused-ring (bicyclic) bond motifs is 1. The van der Waals surface area contributed by atoms with Crippen molar-refractivity contribution in [1.82, 2.24) is 9.97 Å². The normalized spacial score (nSPS) is 15.0. The van der Waals surface area contributed by atoms with Crippen molar-refractivity contribution < 1.29 is 0 Å². The van der Waals surface area contributed by atoms with E-state index in [0.717, 1.165) is 35.0 Å². The Bertz CT molecular complexity index is 749. The monoisotopic (exact) mass is 313 g/mol. The molecule has 0 spiro atoms. The molecule has 1 aliphatic rings. The second-order valence-corrected chi connectivity index (χ2v) is 7.31. The highest BCUT2D eigenvalue weighted by atomic mass is 32.2. The van der Waals surface area contributed by atoms with Gasteiger partial charge in [-0.3, -0.25) is 0 Å². The predicted octanol–water partition coefficient (Wildman–Crippen LogP) is 4.44. The van der Waals surface area contributed by atoms with Crippen molar-refractivity contribution in [2.24, 2.45) is 0 Å². The number of anilines is 1. The Morgan fingerprint density at radius 3 is 2.43 bits per heavy atom. The van der Waals surface area contributed by atoms with E-state index in [-0.39, 0.29) is 0 Å². The minimum absolute atomic E-state index is 0.972. The van der Waals surface area contributed by atoms with Crippen LogP contribution < -0.4 is 4.90 Å². The van der Waals surface area contributed by atoms with E-state index >= 15 is 0 Å². The van der Waals surface area contributed by atoms with Gasteiger partial charge in [0.25, 0.3) is 0 Å². The molecule has 0 aliphatic carbocycles. The molecule has 5 heteroatoms. The van der Waals surface area contributed by atoms with E-state index in [2.05, 4.69) is 22.4 Å². The molecule has 0 unspecified atom stereocenters. The molecule has 0 atom stereocenters. The fourth-order valence-electron chi connectivity index (χ4n) is 2.59. The maximum Gasteiger partial charge on any atom is 0.162 e.